The highest BCUT2D eigenvalue weighted by Crippen LogP contribution is 2.25. The molecule has 0 saturated heterocycles. The smallest absolute Gasteiger partial charge is 0.107 e. The number of hydrogen-bond acceptors (Lipinski definition) is 3. The fourth-order valence-corrected chi connectivity index (χ4v) is 2.68. The number of aromatic nitrogens is 1. The molecule has 0 radical (unpaired) electrons. The van der Waals surface area contributed by atoms with Gasteiger partial charge in [-0.1, -0.05) is 36.4 Å². The van der Waals surface area contributed by atoms with Crippen molar-refractivity contribution in [3.05, 3.63) is 52.9 Å². The summed E-state index contributed by atoms with van der Waals surface area (Å²) in [6, 6.07) is 16.7. The van der Waals surface area contributed by atoms with Crippen molar-refractivity contribution in [1.82, 2.24) is 4.98 Å². The monoisotopic (exact) mass is 250 g/mol. The van der Waals surface area contributed by atoms with Gasteiger partial charge in [0, 0.05) is 10.9 Å². The van der Waals surface area contributed by atoms with Gasteiger partial charge in [-0.3, -0.25) is 0 Å². The van der Waals surface area contributed by atoms with Crippen LogP contribution in [0.2, 0.25) is 0 Å². The molecular weight excluding hydrogens is 240 g/mol. The zero-order chi connectivity index (χ0) is 12.4. The Bertz CT molecular complexity index is 737. The van der Waals surface area contributed by atoms with Gasteiger partial charge in [-0.05, 0) is 16.8 Å². The van der Waals surface area contributed by atoms with Gasteiger partial charge in [0.15, 0.2) is 0 Å². The molecule has 0 atom stereocenters. The molecule has 0 aliphatic carbocycles. The van der Waals surface area contributed by atoms with Crippen molar-refractivity contribution >= 4 is 22.1 Å². The average Bonchev–Trinajstić information content (AvgIpc) is 2.87. The first-order valence-electron chi connectivity index (χ1n) is 5.67. The maximum absolute atomic E-state index is 8.66. The van der Waals surface area contributed by atoms with Crippen LogP contribution in [0.1, 0.15) is 5.01 Å². The van der Waals surface area contributed by atoms with Gasteiger partial charge in [0.2, 0.25) is 0 Å². The van der Waals surface area contributed by atoms with E-state index in [-0.39, 0.29) is 0 Å². The molecule has 3 aromatic rings. The summed E-state index contributed by atoms with van der Waals surface area (Å²) in [5.74, 6) is 0. The Morgan fingerprint density at radius 2 is 1.94 bits per heavy atom. The molecule has 18 heavy (non-hydrogen) atoms. The van der Waals surface area contributed by atoms with Gasteiger partial charge >= 0.3 is 0 Å². The third-order valence-corrected chi connectivity index (χ3v) is 3.68. The Hall–Kier alpha value is -2.18. The van der Waals surface area contributed by atoms with Crippen LogP contribution < -0.4 is 0 Å². The van der Waals surface area contributed by atoms with E-state index in [2.05, 4.69) is 41.4 Å². The van der Waals surface area contributed by atoms with Crippen LogP contribution in [0.25, 0.3) is 22.0 Å². The van der Waals surface area contributed by atoms with Gasteiger partial charge in [-0.15, -0.1) is 11.3 Å². The lowest BCUT2D eigenvalue weighted by molar-refractivity contribution is 1.19. The summed E-state index contributed by atoms with van der Waals surface area (Å²) in [6.45, 7) is 0. The van der Waals surface area contributed by atoms with Crippen molar-refractivity contribution in [2.24, 2.45) is 0 Å². The molecule has 2 aromatic carbocycles. The molecule has 0 aliphatic rings. The third kappa shape index (κ3) is 1.99. The van der Waals surface area contributed by atoms with Gasteiger partial charge in [0.25, 0.3) is 0 Å². The van der Waals surface area contributed by atoms with Crippen molar-refractivity contribution < 1.29 is 0 Å². The number of rotatable bonds is 2. The van der Waals surface area contributed by atoms with Crippen LogP contribution in [0.15, 0.2) is 47.8 Å². The number of fused-ring (bicyclic) bond motifs is 1. The van der Waals surface area contributed by atoms with E-state index in [9.17, 15) is 0 Å². The first-order valence-corrected chi connectivity index (χ1v) is 6.55. The standard InChI is InChI=1S/C15H10N2S/c16-8-7-15-17-14(10-18-15)13-6-5-11-3-1-2-4-12(11)9-13/h1-6,9-10H,7H2. The predicted molar refractivity (Wildman–Crippen MR) is 74.4 cm³/mol. The van der Waals surface area contributed by atoms with Crippen LogP contribution in [0, 0.1) is 11.3 Å². The maximum atomic E-state index is 8.66. The minimum absolute atomic E-state index is 0.387. The largest absolute Gasteiger partial charge is 0.240 e. The van der Waals surface area contributed by atoms with Gasteiger partial charge < -0.3 is 0 Å². The van der Waals surface area contributed by atoms with E-state index < -0.39 is 0 Å². The quantitative estimate of drug-likeness (QED) is 0.688. The summed E-state index contributed by atoms with van der Waals surface area (Å²) in [5.41, 5.74) is 2.06. The summed E-state index contributed by atoms with van der Waals surface area (Å²) < 4.78 is 0. The van der Waals surface area contributed by atoms with E-state index in [0.717, 1.165) is 16.3 Å². The summed E-state index contributed by atoms with van der Waals surface area (Å²) in [6.07, 6.45) is 0.387. The number of nitriles is 1. The molecule has 0 spiro atoms. The van der Waals surface area contributed by atoms with E-state index in [1.54, 1.807) is 11.3 Å². The number of thiazole rings is 1. The molecule has 86 valence electrons. The van der Waals surface area contributed by atoms with Crippen molar-refractivity contribution in [2.45, 2.75) is 6.42 Å². The number of benzene rings is 2. The highest BCUT2D eigenvalue weighted by Gasteiger charge is 2.04. The van der Waals surface area contributed by atoms with Crippen LogP contribution in [0.5, 0.6) is 0 Å². The molecule has 0 bridgehead atoms. The van der Waals surface area contributed by atoms with E-state index in [1.165, 1.54) is 10.8 Å². The highest BCUT2D eigenvalue weighted by molar-refractivity contribution is 7.10. The molecule has 0 N–H and O–H groups in total. The Labute approximate surface area is 109 Å². The molecule has 3 rings (SSSR count). The van der Waals surface area contributed by atoms with Crippen LogP contribution in [-0.2, 0) is 6.42 Å². The lowest BCUT2D eigenvalue weighted by Gasteiger charge is -2.00. The van der Waals surface area contributed by atoms with Crippen molar-refractivity contribution in [3.8, 4) is 17.3 Å². The second-order valence-corrected chi connectivity index (χ2v) is 4.97. The predicted octanol–water partition coefficient (Wildman–Crippen LogP) is 4.03. The Balaban J connectivity index is 2.05. The van der Waals surface area contributed by atoms with E-state index in [1.807, 2.05) is 17.5 Å². The normalized spacial score (nSPS) is 10.4. The van der Waals surface area contributed by atoms with Crippen LogP contribution in [-0.4, -0.2) is 4.98 Å². The van der Waals surface area contributed by atoms with Crippen molar-refractivity contribution in [2.75, 3.05) is 0 Å². The Kier molecular flexibility index (Phi) is 2.79. The van der Waals surface area contributed by atoms with Gasteiger partial charge in [0.1, 0.15) is 5.01 Å². The second-order valence-electron chi connectivity index (χ2n) is 4.02. The average molecular weight is 250 g/mol. The van der Waals surface area contributed by atoms with Gasteiger partial charge in [-0.25, -0.2) is 4.98 Å². The minimum Gasteiger partial charge on any atom is -0.240 e. The third-order valence-electron chi connectivity index (χ3n) is 2.83. The zero-order valence-electron chi connectivity index (χ0n) is 9.63. The molecule has 0 amide bonds. The SMILES string of the molecule is N#CCc1nc(-c2ccc3ccccc3c2)cs1. The second kappa shape index (κ2) is 4.59. The first kappa shape index (κ1) is 10.9. The van der Waals surface area contributed by atoms with E-state index in [0.29, 0.717) is 6.42 Å². The fourth-order valence-electron chi connectivity index (χ4n) is 1.94. The van der Waals surface area contributed by atoms with Crippen molar-refractivity contribution in [1.29, 1.82) is 5.26 Å². The van der Waals surface area contributed by atoms with Crippen LogP contribution in [0.3, 0.4) is 0 Å². The number of nitrogens with zero attached hydrogens (tertiary/aromatic N) is 2. The van der Waals surface area contributed by atoms with Crippen LogP contribution >= 0.6 is 11.3 Å². The lowest BCUT2D eigenvalue weighted by atomic mass is 10.1. The summed E-state index contributed by atoms with van der Waals surface area (Å²) in [7, 11) is 0. The summed E-state index contributed by atoms with van der Waals surface area (Å²) in [5, 5.41) is 14.0. The molecule has 0 aliphatic heterocycles. The molecule has 1 aromatic heterocycles. The van der Waals surface area contributed by atoms with Crippen LogP contribution in [0.4, 0.5) is 0 Å². The van der Waals surface area contributed by atoms with E-state index in [4.69, 9.17) is 5.26 Å². The van der Waals surface area contributed by atoms with Gasteiger partial charge in [0.05, 0.1) is 18.2 Å². The topological polar surface area (TPSA) is 36.7 Å². The molecule has 2 nitrogen and oxygen atoms in total. The summed E-state index contributed by atoms with van der Waals surface area (Å²) in [4.78, 5) is 4.47. The molecule has 0 saturated carbocycles. The minimum atomic E-state index is 0.387. The van der Waals surface area contributed by atoms with E-state index >= 15 is 0 Å². The van der Waals surface area contributed by atoms with Gasteiger partial charge in [-0.2, -0.15) is 5.26 Å². The highest BCUT2D eigenvalue weighted by atomic mass is 32.1. The molecule has 1 heterocycles. The Morgan fingerprint density at radius 3 is 2.78 bits per heavy atom. The maximum Gasteiger partial charge on any atom is 0.107 e. The van der Waals surface area contributed by atoms with Crippen molar-refractivity contribution in [3.63, 3.8) is 0 Å². The summed E-state index contributed by atoms with van der Waals surface area (Å²) >= 11 is 1.54. The fraction of sp³-hybridized carbons (Fsp3) is 0.0667. The first-order chi connectivity index (χ1) is 8.86. The molecular formula is C15H10N2S. The zero-order valence-corrected chi connectivity index (χ0v) is 10.4. The lowest BCUT2D eigenvalue weighted by Crippen LogP contribution is -1.82. The molecule has 3 heteroatoms. The Morgan fingerprint density at radius 1 is 1.11 bits per heavy atom. The number of hydrogen-bond donors (Lipinski definition) is 0. The molecule has 0 fully saturated rings. The molecule has 0 unspecified atom stereocenters.